The second-order valence-electron chi connectivity index (χ2n) is 5.98. The van der Waals surface area contributed by atoms with Crippen LogP contribution < -0.4 is 20.1 Å². The molecule has 10 heteroatoms. The number of nitrogens with one attached hydrogen (secondary N) is 2. The highest BCUT2D eigenvalue weighted by Crippen LogP contribution is 2.20. The van der Waals surface area contributed by atoms with E-state index in [4.69, 9.17) is 26.2 Å². The third-order valence-electron chi connectivity index (χ3n) is 3.64. The molecule has 30 heavy (non-hydrogen) atoms. The lowest BCUT2D eigenvalue weighted by molar-refractivity contribution is -0.123. The molecule has 3 N–H and O–H groups in total. The van der Waals surface area contributed by atoms with Crippen molar-refractivity contribution in [2.45, 2.75) is 6.42 Å². The summed E-state index contributed by atoms with van der Waals surface area (Å²) < 4.78 is 23.6. The van der Waals surface area contributed by atoms with Crippen molar-refractivity contribution >= 4 is 23.4 Å². The molecule has 1 heterocycles. The third-order valence-corrected chi connectivity index (χ3v) is 3.95. The Morgan fingerprint density at radius 2 is 2.03 bits per heavy atom. The van der Waals surface area contributed by atoms with Crippen LogP contribution in [0.4, 0.5) is 4.39 Å². The highest BCUT2D eigenvalue weighted by molar-refractivity contribution is 6.30. The number of carbonyl (C=O) groups is 2. The van der Waals surface area contributed by atoms with Crippen LogP contribution >= 0.6 is 11.6 Å². The molecule has 0 aliphatic carbocycles. The van der Waals surface area contributed by atoms with Crippen molar-refractivity contribution in [3.63, 3.8) is 0 Å². The molecular weight excluding hydrogens is 417 g/mol. The molecule has 160 valence electrons. The van der Waals surface area contributed by atoms with Crippen LogP contribution in [0.1, 0.15) is 16.8 Å². The SMILES string of the molecule is C=C(CCNC(=O)COc1ccc(Cl)c(F)c1)NC(=O)c1ccc(OCCO)nc1. The van der Waals surface area contributed by atoms with Crippen LogP contribution in [0.25, 0.3) is 0 Å². The van der Waals surface area contributed by atoms with E-state index < -0.39 is 17.6 Å². The fourth-order valence-electron chi connectivity index (χ4n) is 2.16. The lowest BCUT2D eigenvalue weighted by atomic mass is 10.2. The topological polar surface area (TPSA) is 110 Å². The molecule has 0 unspecified atom stereocenters. The average molecular weight is 438 g/mol. The molecule has 0 saturated carbocycles. The number of hydrogen-bond donors (Lipinski definition) is 3. The van der Waals surface area contributed by atoms with Gasteiger partial charge in [0, 0.05) is 37.0 Å². The van der Waals surface area contributed by atoms with Gasteiger partial charge in [-0.15, -0.1) is 0 Å². The summed E-state index contributed by atoms with van der Waals surface area (Å²) in [5.41, 5.74) is 0.710. The summed E-state index contributed by atoms with van der Waals surface area (Å²) in [5, 5.41) is 13.9. The van der Waals surface area contributed by atoms with Crippen LogP contribution in [0.2, 0.25) is 5.02 Å². The number of hydrogen-bond acceptors (Lipinski definition) is 6. The minimum Gasteiger partial charge on any atom is -0.484 e. The fourth-order valence-corrected chi connectivity index (χ4v) is 2.28. The number of carbonyl (C=O) groups excluding carboxylic acids is 2. The molecule has 0 atom stereocenters. The van der Waals surface area contributed by atoms with Gasteiger partial charge in [0.1, 0.15) is 18.2 Å². The number of aliphatic hydroxyl groups is 1. The predicted molar refractivity (Wildman–Crippen MR) is 108 cm³/mol. The van der Waals surface area contributed by atoms with Gasteiger partial charge < -0.3 is 25.2 Å². The Morgan fingerprint density at radius 3 is 2.70 bits per heavy atom. The number of pyridine rings is 1. The summed E-state index contributed by atoms with van der Waals surface area (Å²) in [6, 6.07) is 6.92. The average Bonchev–Trinajstić information content (AvgIpc) is 2.73. The second-order valence-corrected chi connectivity index (χ2v) is 6.39. The number of aromatic nitrogens is 1. The number of ether oxygens (including phenoxy) is 2. The monoisotopic (exact) mass is 437 g/mol. The van der Waals surface area contributed by atoms with E-state index in [1.165, 1.54) is 30.5 Å². The van der Waals surface area contributed by atoms with Crippen molar-refractivity contribution < 1.29 is 28.6 Å². The predicted octanol–water partition coefficient (Wildman–Crippen LogP) is 2.07. The van der Waals surface area contributed by atoms with Crippen molar-refractivity contribution in [3.05, 3.63) is 65.2 Å². The minimum absolute atomic E-state index is 0.0332. The Bertz CT molecular complexity index is 893. The van der Waals surface area contributed by atoms with Gasteiger partial charge in [-0.05, 0) is 18.2 Å². The van der Waals surface area contributed by atoms with Gasteiger partial charge in [0.2, 0.25) is 5.88 Å². The smallest absolute Gasteiger partial charge is 0.257 e. The molecule has 0 radical (unpaired) electrons. The number of aliphatic hydroxyl groups excluding tert-OH is 1. The number of benzene rings is 1. The van der Waals surface area contributed by atoms with Gasteiger partial charge in [-0.3, -0.25) is 9.59 Å². The molecule has 1 aromatic carbocycles. The molecular formula is C20H21ClFN3O5. The normalized spacial score (nSPS) is 10.2. The van der Waals surface area contributed by atoms with Gasteiger partial charge in [0.15, 0.2) is 6.61 Å². The van der Waals surface area contributed by atoms with Crippen molar-refractivity contribution in [2.24, 2.45) is 0 Å². The maximum Gasteiger partial charge on any atom is 0.257 e. The van der Waals surface area contributed by atoms with E-state index >= 15 is 0 Å². The van der Waals surface area contributed by atoms with Crippen LogP contribution in [0, 0.1) is 5.82 Å². The van der Waals surface area contributed by atoms with Crippen LogP contribution in [-0.2, 0) is 4.79 Å². The van der Waals surface area contributed by atoms with Crippen LogP contribution in [0.5, 0.6) is 11.6 Å². The van der Waals surface area contributed by atoms with Gasteiger partial charge in [-0.25, -0.2) is 9.37 Å². The Morgan fingerprint density at radius 1 is 1.23 bits per heavy atom. The quantitative estimate of drug-likeness (QED) is 0.496. The van der Waals surface area contributed by atoms with Gasteiger partial charge in [0.05, 0.1) is 17.2 Å². The molecule has 2 amide bonds. The van der Waals surface area contributed by atoms with Gasteiger partial charge >= 0.3 is 0 Å². The van der Waals surface area contributed by atoms with Crippen molar-refractivity contribution in [1.82, 2.24) is 15.6 Å². The van der Waals surface area contributed by atoms with Crippen molar-refractivity contribution in [1.29, 1.82) is 0 Å². The first-order chi connectivity index (χ1) is 14.4. The van der Waals surface area contributed by atoms with Crippen LogP contribution in [0.3, 0.4) is 0 Å². The highest BCUT2D eigenvalue weighted by Gasteiger charge is 2.09. The Labute approximate surface area is 177 Å². The van der Waals surface area contributed by atoms with E-state index in [9.17, 15) is 14.0 Å². The second kappa shape index (κ2) is 11.7. The summed E-state index contributed by atoms with van der Waals surface area (Å²) in [6.07, 6.45) is 1.65. The van der Waals surface area contributed by atoms with Crippen LogP contribution in [-0.4, -0.2) is 48.3 Å². The first-order valence-corrected chi connectivity index (χ1v) is 9.30. The molecule has 0 fully saturated rings. The Balaban J connectivity index is 1.67. The summed E-state index contributed by atoms with van der Waals surface area (Å²) in [5.74, 6) is -0.965. The summed E-state index contributed by atoms with van der Waals surface area (Å²) in [6.45, 7) is 3.66. The van der Waals surface area contributed by atoms with Gasteiger partial charge in [-0.2, -0.15) is 0 Å². The largest absolute Gasteiger partial charge is 0.484 e. The van der Waals surface area contributed by atoms with Crippen molar-refractivity contribution in [2.75, 3.05) is 26.4 Å². The Kier molecular flexibility index (Phi) is 9.04. The molecule has 0 bridgehead atoms. The molecule has 2 rings (SSSR count). The first kappa shape index (κ1) is 23.1. The molecule has 8 nitrogen and oxygen atoms in total. The van der Waals surface area contributed by atoms with E-state index in [1.54, 1.807) is 0 Å². The molecule has 0 aliphatic heterocycles. The summed E-state index contributed by atoms with van der Waals surface area (Å²) in [7, 11) is 0. The minimum atomic E-state index is -0.635. The van der Waals surface area contributed by atoms with E-state index in [2.05, 4.69) is 22.2 Å². The lowest BCUT2D eigenvalue weighted by Crippen LogP contribution is -2.31. The highest BCUT2D eigenvalue weighted by atomic mass is 35.5. The zero-order valence-electron chi connectivity index (χ0n) is 16.0. The van der Waals surface area contributed by atoms with E-state index in [1.807, 2.05) is 0 Å². The first-order valence-electron chi connectivity index (χ1n) is 8.92. The number of amides is 2. The molecule has 0 saturated heterocycles. The van der Waals surface area contributed by atoms with E-state index in [0.717, 1.165) is 6.07 Å². The maximum atomic E-state index is 13.3. The Hall–Kier alpha value is -3.17. The molecule has 2 aromatic rings. The van der Waals surface area contributed by atoms with E-state index in [-0.39, 0.29) is 37.1 Å². The maximum absolute atomic E-state index is 13.3. The third kappa shape index (κ3) is 7.69. The standard InChI is InChI=1S/C20H21ClFN3O5/c1-13(25-20(28)14-2-5-19(24-11-14)29-9-8-26)6-7-23-18(27)12-30-15-3-4-16(21)17(22)10-15/h2-5,10-11,26H,1,6-9,12H2,(H,23,27)(H,25,28). The number of nitrogens with zero attached hydrogens (tertiary/aromatic N) is 1. The van der Waals surface area contributed by atoms with Gasteiger partial charge in [0.25, 0.3) is 11.8 Å². The zero-order chi connectivity index (χ0) is 21.9. The van der Waals surface area contributed by atoms with E-state index in [0.29, 0.717) is 23.6 Å². The summed E-state index contributed by atoms with van der Waals surface area (Å²) in [4.78, 5) is 27.9. The van der Waals surface area contributed by atoms with Crippen LogP contribution in [0.15, 0.2) is 48.8 Å². The molecule has 0 spiro atoms. The number of rotatable bonds is 11. The fraction of sp³-hybridized carbons (Fsp3) is 0.250. The molecule has 1 aromatic heterocycles. The number of halogens is 2. The van der Waals surface area contributed by atoms with Gasteiger partial charge in [-0.1, -0.05) is 18.2 Å². The summed E-state index contributed by atoms with van der Waals surface area (Å²) >= 11 is 5.58. The molecule has 0 aliphatic rings. The lowest BCUT2D eigenvalue weighted by Gasteiger charge is -2.10. The van der Waals surface area contributed by atoms with Crippen molar-refractivity contribution in [3.8, 4) is 11.6 Å². The zero-order valence-corrected chi connectivity index (χ0v) is 16.7.